The number of amides is 1. The molecule has 0 bridgehead atoms. The molecule has 0 fully saturated rings. The molecule has 98 valence electrons. The Morgan fingerprint density at radius 2 is 2.05 bits per heavy atom. The first-order chi connectivity index (χ1) is 8.97. The molecule has 6 heteroatoms. The van der Waals surface area contributed by atoms with Crippen LogP contribution < -0.4 is 10.2 Å². The summed E-state index contributed by atoms with van der Waals surface area (Å²) in [5, 5.41) is 2.67. The quantitative estimate of drug-likeness (QED) is 0.843. The van der Waals surface area contributed by atoms with E-state index >= 15 is 0 Å². The van der Waals surface area contributed by atoms with Crippen LogP contribution in [0.15, 0.2) is 29.1 Å². The molecule has 0 saturated heterocycles. The Hall–Kier alpha value is -2.21. The van der Waals surface area contributed by atoms with Crippen LogP contribution >= 0.6 is 11.3 Å². The first-order valence-corrected chi connectivity index (χ1v) is 6.41. The average Bonchev–Trinajstić information content (AvgIpc) is 2.69. The molecular formula is C13H12N2O3S. The largest absolute Gasteiger partial charge is 0.321 e. The Kier molecular flexibility index (Phi) is 3.62. The summed E-state index contributed by atoms with van der Waals surface area (Å²) in [5.41, 5.74) is 1.59. The third kappa shape index (κ3) is 2.97. The first-order valence-electron chi connectivity index (χ1n) is 5.59. The summed E-state index contributed by atoms with van der Waals surface area (Å²) in [4.78, 5) is 37.0. The standard InChI is InChI=1S/C13H12N2O3S/c1-7-11(19-13(18)14-7)12(17)15-10-5-3-4-9(6-10)8(2)16/h3-6H,1-2H3,(H,14,18)(H,15,17). The van der Waals surface area contributed by atoms with E-state index in [-0.39, 0.29) is 16.6 Å². The fourth-order valence-corrected chi connectivity index (χ4v) is 2.36. The third-order valence-electron chi connectivity index (χ3n) is 2.56. The van der Waals surface area contributed by atoms with Crippen LogP contribution in [0.2, 0.25) is 0 Å². The first kappa shape index (κ1) is 13.2. The van der Waals surface area contributed by atoms with Gasteiger partial charge in [0.1, 0.15) is 4.88 Å². The summed E-state index contributed by atoms with van der Waals surface area (Å²) in [5.74, 6) is -0.430. The van der Waals surface area contributed by atoms with Crippen molar-refractivity contribution in [3.05, 3.63) is 50.1 Å². The molecule has 2 aromatic rings. The van der Waals surface area contributed by atoms with E-state index < -0.39 is 0 Å². The Balaban J connectivity index is 2.24. The van der Waals surface area contributed by atoms with Gasteiger partial charge in [-0.05, 0) is 26.0 Å². The molecule has 0 radical (unpaired) electrons. The number of hydrogen-bond donors (Lipinski definition) is 2. The van der Waals surface area contributed by atoms with Gasteiger partial charge in [0.2, 0.25) is 0 Å². The maximum absolute atomic E-state index is 12.0. The molecule has 5 nitrogen and oxygen atoms in total. The normalized spacial score (nSPS) is 10.2. The van der Waals surface area contributed by atoms with Crippen LogP contribution in [0.4, 0.5) is 5.69 Å². The molecule has 1 aromatic heterocycles. The number of carbonyl (C=O) groups excluding carboxylic acids is 2. The van der Waals surface area contributed by atoms with Crippen LogP contribution in [-0.2, 0) is 0 Å². The average molecular weight is 276 g/mol. The SMILES string of the molecule is CC(=O)c1cccc(NC(=O)c2sc(=O)[nH]c2C)c1. The molecule has 2 rings (SSSR count). The predicted octanol–water partition coefficient (Wildman–Crippen LogP) is 2.20. The zero-order chi connectivity index (χ0) is 14.0. The lowest BCUT2D eigenvalue weighted by Gasteiger charge is -2.05. The number of nitrogens with one attached hydrogen (secondary N) is 2. The highest BCUT2D eigenvalue weighted by Gasteiger charge is 2.13. The van der Waals surface area contributed by atoms with Gasteiger partial charge in [0.05, 0.1) is 0 Å². The van der Waals surface area contributed by atoms with E-state index in [1.807, 2.05) is 0 Å². The van der Waals surface area contributed by atoms with Crippen molar-refractivity contribution in [3.8, 4) is 0 Å². The van der Waals surface area contributed by atoms with E-state index in [9.17, 15) is 14.4 Å². The highest BCUT2D eigenvalue weighted by Crippen LogP contribution is 2.15. The molecule has 0 atom stereocenters. The van der Waals surface area contributed by atoms with E-state index in [1.54, 1.807) is 31.2 Å². The number of benzene rings is 1. The number of anilines is 1. The number of carbonyl (C=O) groups is 2. The fourth-order valence-electron chi connectivity index (χ4n) is 1.63. The van der Waals surface area contributed by atoms with Gasteiger partial charge in [-0.15, -0.1) is 0 Å². The Morgan fingerprint density at radius 1 is 1.32 bits per heavy atom. The summed E-state index contributed by atoms with van der Waals surface area (Å²) in [6, 6.07) is 6.66. The fraction of sp³-hybridized carbons (Fsp3) is 0.154. The van der Waals surface area contributed by atoms with E-state index in [1.165, 1.54) is 6.92 Å². The van der Waals surface area contributed by atoms with Crippen LogP contribution in [0.5, 0.6) is 0 Å². The molecule has 1 heterocycles. The molecule has 0 spiro atoms. The number of aromatic amines is 1. The van der Waals surface area contributed by atoms with Crippen molar-refractivity contribution in [2.45, 2.75) is 13.8 Å². The Labute approximate surface area is 113 Å². The van der Waals surface area contributed by atoms with Crippen molar-refractivity contribution in [2.75, 3.05) is 5.32 Å². The predicted molar refractivity (Wildman–Crippen MR) is 74.1 cm³/mol. The second kappa shape index (κ2) is 5.19. The Bertz CT molecular complexity index is 700. The van der Waals surface area contributed by atoms with Crippen LogP contribution in [0.3, 0.4) is 0 Å². The van der Waals surface area contributed by atoms with Crippen LogP contribution in [-0.4, -0.2) is 16.7 Å². The number of aromatic nitrogens is 1. The van der Waals surface area contributed by atoms with E-state index in [4.69, 9.17) is 0 Å². The summed E-state index contributed by atoms with van der Waals surface area (Å²) < 4.78 is 0. The van der Waals surface area contributed by atoms with Crippen LogP contribution in [0, 0.1) is 6.92 Å². The van der Waals surface area contributed by atoms with Crippen molar-refractivity contribution in [2.24, 2.45) is 0 Å². The lowest BCUT2D eigenvalue weighted by Crippen LogP contribution is -2.12. The zero-order valence-corrected chi connectivity index (χ0v) is 11.3. The minimum absolute atomic E-state index is 0.0708. The topological polar surface area (TPSA) is 79.0 Å². The van der Waals surface area contributed by atoms with Crippen molar-refractivity contribution in [1.29, 1.82) is 0 Å². The summed E-state index contributed by atoms with van der Waals surface area (Å²) >= 11 is 0.862. The smallest absolute Gasteiger partial charge is 0.305 e. The lowest BCUT2D eigenvalue weighted by atomic mass is 10.1. The molecule has 0 aliphatic carbocycles. The molecular weight excluding hydrogens is 264 g/mol. The van der Waals surface area contributed by atoms with Crippen molar-refractivity contribution >= 4 is 28.7 Å². The number of ketones is 1. The van der Waals surface area contributed by atoms with Gasteiger partial charge >= 0.3 is 4.87 Å². The molecule has 19 heavy (non-hydrogen) atoms. The second-order valence-electron chi connectivity index (χ2n) is 4.06. The zero-order valence-electron chi connectivity index (χ0n) is 10.4. The van der Waals surface area contributed by atoms with Crippen molar-refractivity contribution in [3.63, 3.8) is 0 Å². The minimum atomic E-state index is -0.360. The van der Waals surface area contributed by atoms with Gasteiger partial charge in [0.25, 0.3) is 5.91 Å². The van der Waals surface area contributed by atoms with Gasteiger partial charge < -0.3 is 10.3 Å². The van der Waals surface area contributed by atoms with E-state index in [2.05, 4.69) is 10.3 Å². The maximum atomic E-state index is 12.0. The molecule has 0 aliphatic rings. The molecule has 0 aliphatic heterocycles. The Morgan fingerprint density at radius 3 is 2.63 bits per heavy atom. The molecule has 2 N–H and O–H groups in total. The van der Waals surface area contributed by atoms with Gasteiger partial charge in [-0.1, -0.05) is 23.5 Å². The van der Waals surface area contributed by atoms with E-state index in [0.29, 0.717) is 21.8 Å². The van der Waals surface area contributed by atoms with E-state index in [0.717, 1.165) is 11.3 Å². The minimum Gasteiger partial charge on any atom is -0.321 e. The molecule has 1 aromatic carbocycles. The lowest BCUT2D eigenvalue weighted by molar-refractivity contribution is 0.101. The summed E-state index contributed by atoms with van der Waals surface area (Å²) in [6.45, 7) is 3.13. The number of thiazole rings is 1. The van der Waals surface area contributed by atoms with Crippen LogP contribution in [0.25, 0.3) is 0 Å². The van der Waals surface area contributed by atoms with Gasteiger partial charge in [-0.3, -0.25) is 14.4 Å². The van der Waals surface area contributed by atoms with Gasteiger partial charge in [0, 0.05) is 16.9 Å². The van der Waals surface area contributed by atoms with Crippen LogP contribution in [0.1, 0.15) is 32.6 Å². The summed E-state index contributed by atoms with van der Waals surface area (Å²) in [7, 11) is 0. The second-order valence-corrected chi connectivity index (χ2v) is 5.04. The molecule has 1 amide bonds. The summed E-state index contributed by atoms with van der Waals surface area (Å²) in [6.07, 6.45) is 0. The molecule has 0 saturated carbocycles. The van der Waals surface area contributed by atoms with Gasteiger partial charge in [-0.25, -0.2) is 0 Å². The number of aryl methyl sites for hydroxylation is 1. The van der Waals surface area contributed by atoms with Crippen molar-refractivity contribution < 1.29 is 9.59 Å². The molecule has 0 unspecified atom stereocenters. The highest BCUT2D eigenvalue weighted by atomic mass is 32.1. The number of H-pyrrole nitrogens is 1. The maximum Gasteiger partial charge on any atom is 0.305 e. The van der Waals surface area contributed by atoms with Crippen molar-refractivity contribution in [1.82, 2.24) is 4.98 Å². The number of Topliss-reactive ketones (excluding diaryl/α,β-unsaturated/α-hetero) is 1. The monoisotopic (exact) mass is 276 g/mol. The number of rotatable bonds is 3. The van der Waals surface area contributed by atoms with Gasteiger partial charge in [-0.2, -0.15) is 0 Å². The number of hydrogen-bond acceptors (Lipinski definition) is 4. The highest BCUT2D eigenvalue weighted by molar-refractivity contribution is 7.11. The third-order valence-corrected chi connectivity index (χ3v) is 3.54. The van der Waals surface area contributed by atoms with Gasteiger partial charge in [0.15, 0.2) is 5.78 Å².